The second-order valence-corrected chi connectivity index (χ2v) is 23.1. The molecule has 4 saturated carbocycles. The fourth-order valence-electron chi connectivity index (χ4n) is 11.3. The number of carbonyl (C=O) groups is 2. The topological polar surface area (TPSA) is 114 Å². The third-order valence-corrected chi connectivity index (χ3v) is 20.2. The van der Waals surface area contributed by atoms with Crippen molar-refractivity contribution in [3.63, 3.8) is 0 Å². The number of ether oxygens (including phenoxy) is 1. The summed E-state index contributed by atoms with van der Waals surface area (Å²) in [4.78, 5) is 27.5. The van der Waals surface area contributed by atoms with Crippen LogP contribution < -0.4 is 0 Å². The van der Waals surface area contributed by atoms with E-state index in [1.54, 1.807) is 0 Å². The van der Waals surface area contributed by atoms with Crippen LogP contribution in [0.3, 0.4) is 0 Å². The Morgan fingerprint density at radius 2 is 1.07 bits per heavy atom. The van der Waals surface area contributed by atoms with Crippen LogP contribution in [0.5, 0.6) is 0 Å². The molecule has 0 unspecified atom stereocenters. The van der Waals surface area contributed by atoms with Gasteiger partial charge >= 0.3 is 21.2 Å². The summed E-state index contributed by atoms with van der Waals surface area (Å²) in [5, 5.41) is -1.65. The first-order chi connectivity index (χ1) is 29.5. The molecule has 0 saturated heterocycles. The van der Waals surface area contributed by atoms with E-state index in [2.05, 4.69) is 13.8 Å². The van der Waals surface area contributed by atoms with Crippen molar-refractivity contribution in [2.75, 3.05) is 0 Å². The molecule has 61 heavy (non-hydrogen) atoms. The van der Waals surface area contributed by atoms with Crippen LogP contribution in [-0.4, -0.2) is 23.3 Å². The Morgan fingerprint density at radius 3 is 1.52 bits per heavy atom. The minimum absolute atomic E-state index is 0.111. The van der Waals surface area contributed by atoms with E-state index in [4.69, 9.17) is 22.8 Å². The average Bonchev–Trinajstić information content (AvgIpc) is 3.60. The lowest BCUT2D eigenvalue weighted by Gasteiger charge is -2.60. The maximum atomic E-state index is 15.6. The second-order valence-electron chi connectivity index (χ2n) is 18.3. The maximum Gasteiger partial charge on any atom is 0.347 e. The van der Waals surface area contributed by atoms with Crippen LogP contribution in [0.2, 0.25) is 0 Å². The molecular formula is C50H60O9P2. The molecule has 0 aromatic heterocycles. The zero-order chi connectivity index (χ0) is 42.5. The molecule has 11 heteroatoms. The predicted octanol–water partition coefficient (Wildman–Crippen LogP) is 12.5. The molecule has 8 rings (SSSR count). The van der Waals surface area contributed by atoms with Crippen LogP contribution in [0.15, 0.2) is 121 Å². The number of esters is 1. The van der Waals surface area contributed by atoms with E-state index in [-0.39, 0.29) is 43.4 Å². The van der Waals surface area contributed by atoms with E-state index < -0.39 is 33.0 Å². The number of benzene rings is 4. The Balaban J connectivity index is 1.07. The van der Waals surface area contributed by atoms with Gasteiger partial charge in [-0.2, -0.15) is 0 Å². The number of rotatable bonds is 17. The fourth-order valence-corrected chi connectivity index (χ4v) is 16.3. The summed E-state index contributed by atoms with van der Waals surface area (Å²) in [6.45, 7) is 4.14. The van der Waals surface area contributed by atoms with Crippen molar-refractivity contribution < 1.29 is 41.6 Å². The van der Waals surface area contributed by atoms with E-state index in [0.29, 0.717) is 42.3 Å². The molecule has 0 aliphatic heterocycles. The van der Waals surface area contributed by atoms with Gasteiger partial charge in [0.2, 0.25) is 0 Å². The third-order valence-electron chi connectivity index (χ3n) is 14.7. The van der Waals surface area contributed by atoms with Gasteiger partial charge in [0.05, 0.1) is 32.8 Å². The molecule has 9 nitrogen and oxygen atoms in total. The average molecular weight is 867 g/mol. The van der Waals surface area contributed by atoms with Crippen LogP contribution in [-0.2, 0) is 68.0 Å². The van der Waals surface area contributed by atoms with Crippen LogP contribution >= 0.6 is 15.2 Å². The monoisotopic (exact) mass is 866 g/mol. The van der Waals surface area contributed by atoms with E-state index in [1.165, 1.54) is 0 Å². The minimum atomic E-state index is -4.54. The molecule has 0 heterocycles. The Hall–Kier alpha value is -3.68. The van der Waals surface area contributed by atoms with E-state index in [9.17, 15) is 9.59 Å². The smallest absolute Gasteiger partial charge is 0.347 e. The maximum absolute atomic E-state index is 15.6. The van der Waals surface area contributed by atoms with Gasteiger partial charge in [-0.3, -0.25) is 18.7 Å². The minimum Gasteiger partial charge on any atom is -0.462 e. The van der Waals surface area contributed by atoms with Gasteiger partial charge in [-0.15, -0.1) is 0 Å². The Bertz CT molecular complexity index is 1990. The molecule has 0 bridgehead atoms. The van der Waals surface area contributed by atoms with Gasteiger partial charge in [-0.05, 0) is 103 Å². The highest BCUT2D eigenvalue weighted by Crippen LogP contribution is 2.73. The predicted molar refractivity (Wildman–Crippen MR) is 235 cm³/mol. The molecule has 0 radical (unpaired) electrons. The Labute approximate surface area is 361 Å². The lowest BCUT2D eigenvalue weighted by atomic mass is 9.45. The van der Waals surface area contributed by atoms with Gasteiger partial charge in [0.15, 0.2) is 5.40 Å². The first-order valence-corrected chi connectivity index (χ1v) is 25.4. The molecular weight excluding hydrogens is 806 g/mol. The summed E-state index contributed by atoms with van der Waals surface area (Å²) in [5.41, 5.74) is 2.83. The van der Waals surface area contributed by atoms with Crippen LogP contribution in [0.4, 0.5) is 0 Å². The van der Waals surface area contributed by atoms with Crippen molar-refractivity contribution in [2.24, 2.45) is 34.5 Å². The van der Waals surface area contributed by atoms with Gasteiger partial charge in [-0.25, -0.2) is 0 Å². The number of Topliss-reactive ketones (excluding diaryl/α,β-unsaturated/α-hetero) is 1. The van der Waals surface area contributed by atoms with Gasteiger partial charge in [-0.1, -0.05) is 135 Å². The lowest BCUT2D eigenvalue weighted by Crippen LogP contribution is -2.54. The zero-order valence-electron chi connectivity index (χ0n) is 35.5. The van der Waals surface area contributed by atoms with Crippen molar-refractivity contribution in [1.82, 2.24) is 0 Å². The first-order valence-electron chi connectivity index (χ1n) is 22.1. The van der Waals surface area contributed by atoms with E-state index in [0.717, 1.165) is 67.2 Å². The quantitative estimate of drug-likeness (QED) is 0.0756. The third kappa shape index (κ3) is 9.78. The summed E-state index contributed by atoms with van der Waals surface area (Å²) < 4.78 is 62.8. The highest BCUT2D eigenvalue weighted by atomic mass is 31.2. The van der Waals surface area contributed by atoms with E-state index >= 15 is 9.13 Å². The van der Waals surface area contributed by atoms with Crippen molar-refractivity contribution in [2.45, 2.75) is 116 Å². The number of hydrogen-bond donors (Lipinski definition) is 0. The largest absolute Gasteiger partial charge is 0.462 e. The first kappa shape index (κ1) is 43.9. The number of fused-ring (bicyclic) bond motifs is 5. The summed E-state index contributed by atoms with van der Waals surface area (Å²) in [7, 11) is -9.08. The van der Waals surface area contributed by atoms with Gasteiger partial charge < -0.3 is 22.8 Å². The van der Waals surface area contributed by atoms with Gasteiger partial charge in [0.25, 0.3) is 0 Å². The normalized spacial score (nSPS) is 27.5. The molecule has 7 atom stereocenters. The van der Waals surface area contributed by atoms with Crippen molar-refractivity contribution in [3.05, 3.63) is 144 Å². The van der Waals surface area contributed by atoms with Crippen molar-refractivity contribution in [1.29, 1.82) is 0 Å². The summed E-state index contributed by atoms with van der Waals surface area (Å²) in [6.07, 6.45) is 7.35. The zero-order valence-corrected chi connectivity index (χ0v) is 37.3. The van der Waals surface area contributed by atoms with Crippen LogP contribution in [0.1, 0.15) is 100 Å². The molecule has 4 aromatic rings. The Kier molecular flexibility index (Phi) is 13.7. The van der Waals surface area contributed by atoms with Crippen LogP contribution in [0.25, 0.3) is 0 Å². The highest BCUT2D eigenvalue weighted by molar-refractivity contribution is 7.72. The fraction of sp³-hybridized carbons (Fsp3) is 0.480. The van der Waals surface area contributed by atoms with Crippen molar-refractivity contribution in [3.8, 4) is 0 Å². The van der Waals surface area contributed by atoms with Gasteiger partial charge in [0, 0.05) is 11.8 Å². The van der Waals surface area contributed by atoms with Gasteiger partial charge in [0.1, 0.15) is 11.9 Å². The molecule has 0 N–H and O–H groups in total. The molecule has 0 spiro atoms. The van der Waals surface area contributed by atoms with Crippen molar-refractivity contribution >= 4 is 26.9 Å². The number of ketones is 1. The number of hydrogen-bond acceptors (Lipinski definition) is 9. The molecule has 0 amide bonds. The molecule has 324 valence electrons. The SMILES string of the molecule is C[C@]12CC[C@H](OC(=O)CC(P(=O)(OCc3ccccc3)OCc3ccccc3)P(=O)(OCc3ccccc3)OCc3ccccc3)C[C@@H]1CC[C@@H]1[C@@H]2CC[C@]2(C)C(=O)CC[C@@H]12. The second kappa shape index (κ2) is 19.0. The molecule has 4 fully saturated rings. The Morgan fingerprint density at radius 1 is 0.607 bits per heavy atom. The molecule has 4 aliphatic rings. The number of carbonyl (C=O) groups excluding carboxylic acids is 2. The lowest BCUT2D eigenvalue weighted by molar-refractivity contribution is -0.162. The van der Waals surface area contributed by atoms with Crippen LogP contribution in [0, 0.1) is 34.5 Å². The summed E-state index contributed by atoms with van der Waals surface area (Å²) >= 11 is 0. The summed E-state index contributed by atoms with van der Waals surface area (Å²) in [5.74, 6) is 1.77. The molecule has 4 aliphatic carbocycles. The standard InChI is InChI=1S/C50H60O9P2/c1-49-29-27-42(31-41(49)23-24-43-44-25-26-46(51)50(44,2)30-28-45(43)49)59-47(52)32-48(60(53,55-33-37-15-7-3-8-16-37)56-34-38-17-9-4-10-18-38)61(54,57-35-39-19-11-5-12-20-39)58-36-40-21-13-6-14-22-40/h3-22,41-45,48H,23-36H2,1-2H3/t41-,42-,43-,44-,45-,49-,50-/m0/s1. The van der Waals surface area contributed by atoms with E-state index in [1.807, 2.05) is 121 Å². The summed E-state index contributed by atoms with van der Waals surface area (Å²) in [6, 6.07) is 37.0. The molecule has 4 aromatic carbocycles. The highest BCUT2D eigenvalue weighted by Gasteiger charge is 2.60.